The third kappa shape index (κ3) is 1.82. The van der Waals surface area contributed by atoms with Crippen LogP contribution in [0.1, 0.15) is 30.5 Å². The van der Waals surface area contributed by atoms with Gasteiger partial charge in [-0.25, -0.2) is 4.39 Å². The lowest BCUT2D eigenvalue weighted by Crippen LogP contribution is -2.30. The van der Waals surface area contributed by atoms with Crippen LogP contribution in [-0.4, -0.2) is 6.21 Å². The lowest BCUT2D eigenvalue weighted by molar-refractivity contribution is 0.382. The number of halogens is 1. The normalized spacial score (nSPS) is 27.5. The van der Waals surface area contributed by atoms with Crippen LogP contribution in [0, 0.1) is 25.6 Å². The monoisotopic (exact) mass is 231 g/mol. The summed E-state index contributed by atoms with van der Waals surface area (Å²) >= 11 is 0. The molecule has 2 rings (SSSR count). The van der Waals surface area contributed by atoms with Crippen molar-refractivity contribution in [3.05, 3.63) is 46.8 Å². The van der Waals surface area contributed by atoms with Gasteiger partial charge in [0.15, 0.2) is 0 Å². The minimum absolute atomic E-state index is 0.110. The predicted molar refractivity (Wildman–Crippen MR) is 70.0 cm³/mol. The third-order valence-electron chi connectivity index (χ3n) is 3.84. The van der Waals surface area contributed by atoms with Gasteiger partial charge in [-0.1, -0.05) is 25.1 Å². The first-order valence-electron chi connectivity index (χ1n) is 5.95. The molecule has 17 heavy (non-hydrogen) atoms. The summed E-state index contributed by atoms with van der Waals surface area (Å²) in [5, 5.41) is 0. The highest BCUT2D eigenvalue weighted by molar-refractivity contribution is 5.73. The molecular formula is C15H18FN. The Morgan fingerprint density at radius 1 is 1.29 bits per heavy atom. The SMILES string of the molecule is Cc1ccc(C2(C)N=CC=CC2C)c(C)c1F. The van der Waals surface area contributed by atoms with E-state index in [9.17, 15) is 4.39 Å². The predicted octanol–water partition coefficient (Wildman–Crippen LogP) is 3.93. The largest absolute Gasteiger partial charge is 0.281 e. The molecule has 1 nitrogen and oxygen atoms in total. The molecule has 0 spiro atoms. The summed E-state index contributed by atoms with van der Waals surface area (Å²) < 4.78 is 14.0. The highest BCUT2D eigenvalue weighted by atomic mass is 19.1. The molecule has 1 aromatic carbocycles. The minimum Gasteiger partial charge on any atom is -0.281 e. The number of aliphatic imine (C=N–C) groups is 1. The highest BCUT2D eigenvalue weighted by Crippen LogP contribution is 2.38. The van der Waals surface area contributed by atoms with E-state index in [1.807, 2.05) is 25.1 Å². The lowest BCUT2D eigenvalue weighted by atomic mass is 9.77. The van der Waals surface area contributed by atoms with Crippen LogP contribution >= 0.6 is 0 Å². The van der Waals surface area contributed by atoms with Crippen molar-refractivity contribution in [2.75, 3.05) is 0 Å². The molecule has 1 heterocycles. The first-order valence-corrected chi connectivity index (χ1v) is 5.95. The molecule has 0 amide bonds. The number of aryl methyl sites for hydroxylation is 1. The fourth-order valence-corrected chi connectivity index (χ4v) is 2.40. The van der Waals surface area contributed by atoms with Gasteiger partial charge in [0.25, 0.3) is 0 Å². The van der Waals surface area contributed by atoms with E-state index in [-0.39, 0.29) is 17.3 Å². The second kappa shape index (κ2) is 4.10. The molecule has 2 unspecified atom stereocenters. The van der Waals surface area contributed by atoms with Crippen LogP contribution in [0.5, 0.6) is 0 Å². The van der Waals surface area contributed by atoms with Crippen LogP contribution in [0.2, 0.25) is 0 Å². The smallest absolute Gasteiger partial charge is 0.129 e. The average molecular weight is 231 g/mol. The minimum atomic E-state index is -0.354. The number of hydrogen-bond donors (Lipinski definition) is 0. The Morgan fingerprint density at radius 3 is 2.65 bits per heavy atom. The summed E-state index contributed by atoms with van der Waals surface area (Å²) in [6, 6.07) is 3.84. The van der Waals surface area contributed by atoms with Gasteiger partial charge in [0.05, 0.1) is 5.54 Å². The number of rotatable bonds is 1. The maximum Gasteiger partial charge on any atom is 0.129 e. The van der Waals surface area contributed by atoms with Crippen molar-refractivity contribution in [1.29, 1.82) is 0 Å². The van der Waals surface area contributed by atoms with Gasteiger partial charge in [-0.15, -0.1) is 0 Å². The molecule has 0 saturated heterocycles. The summed E-state index contributed by atoms with van der Waals surface area (Å²) in [5.74, 6) is 0.161. The van der Waals surface area contributed by atoms with Gasteiger partial charge in [0.1, 0.15) is 5.82 Å². The van der Waals surface area contributed by atoms with Gasteiger partial charge in [-0.05, 0) is 43.5 Å². The van der Waals surface area contributed by atoms with E-state index < -0.39 is 0 Å². The van der Waals surface area contributed by atoms with Crippen molar-refractivity contribution in [3.63, 3.8) is 0 Å². The molecule has 0 bridgehead atoms. The van der Waals surface area contributed by atoms with Crippen LogP contribution in [0.25, 0.3) is 0 Å². The van der Waals surface area contributed by atoms with Crippen LogP contribution in [0.3, 0.4) is 0 Å². The lowest BCUT2D eigenvalue weighted by Gasteiger charge is -2.34. The Labute approximate surface area is 102 Å². The third-order valence-corrected chi connectivity index (χ3v) is 3.84. The molecule has 1 aliphatic rings. The summed E-state index contributed by atoms with van der Waals surface area (Å²) in [6.07, 6.45) is 5.87. The van der Waals surface area contributed by atoms with Gasteiger partial charge in [-0.3, -0.25) is 4.99 Å². The first-order chi connectivity index (χ1) is 7.97. The molecule has 0 N–H and O–H groups in total. The maximum atomic E-state index is 14.0. The van der Waals surface area contributed by atoms with Crippen LogP contribution in [0.15, 0.2) is 29.3 Å². The van der Waals surface area contributed by atoms with Gasteiger partial charge in [-0.2, -0.15) is 0 Å². The van der Waals surface area contributed by atoms with E-state index in [1.165, 1.54) is 0 Å². The van der Waals surface area contributed by atoms with Crippen LogP contribution in [-0.2, 0) is 5.54 Å². The van der Waals surface area contributed by atoms with Gasteiger partial charge >= 0.3 is 0 Å². The zero-order valence-electron chi connectivity index (χ0n) is 10.8. The van der Waals surface area contributed by atoms with E-state index in [4.69, 9.17) is 0 Å². The standard InChI is InChI=1S/C15H18FN/c1-10-7-8-13(12(3)14(10)16)15(4)11(2)6-5-9-17-15/h5-9,11H,1-4H3. The van der Waals surface area contributed by atoms with Gasteiger partial charge < -0.3 is 0 Å². The molecule has 0 fully saturated rings. The molecule has 0 radical (unpaired) electrons. The second-order valence-electron chi connectivity index (χ2n) is 4.97. The van der Waals surface area contributed by atoms with Crippen molar-refractivity contribution in [1.82, 2.24) is 0 Å². The summed E-state index contributed by atoms with van der Waals surface area (Å²) in [6.45, 7) is 7.81. The van der Waals surface area contributed by atoms with E-state index in [1.54, 1.807) is 13.1 Å². The van der Waals surface area contributed by atoms with Crippen LogP contribution in [0.4, 0.5) is 4.39 Å². The average Bonchev–Trinajstić information content (AvgIpc) is 2.30. The van der Waals surface area contributed by atoms with E-state index in [0.29, 0.717) is 11.1 Å². The van der Waals surface area contributed by atoms with E-state index >= 15 is 0 Å². The first kappa shape index (κ1) is 12.0. The van der Waals surface area contributed by atoms with E-state index in [0.717, 1.165) is 5.56 Å². The molecule has 0 aliphatic carbocycles. The Kier molecular flexibility index (Phi) is 2.90. The topological polar surface area (TPSA) is 12.4 Å². The Morgan fingerprint density at radius 2 is 2.00 bits per heavy atom. The fraction of sp³-hybridized carbons (Fsp3) is 0.400. The molecule has 2 atom stereocenters. The Bertz CT molecular complexity index is 502. The maximum absolute atomic E-state index is 14.0. The Balaban J connectivity index is 2.58. The summed E-state index contributed by atoms with van der Waals surface area (Å²) in [4.78, 5) is 4.57. The van der Waals surface area contributed by atoms with E-state index in [2.05, 4.69) is 24.9 Å². The van der Waals surface area contributed by atoms with Crippen molar-refractivity contribution >= 4 is 6.21 Å². The van der Waals surface area contributed by atoms with Crippen molar-refractivity contribution in [2.45, 2.75) is 33.2 Å². The summed E-state index contributed by atoms with van der Waals surface area (Å²) in [7, 11) is 0. The fourth-order valence-electron chi connectivity index (χ4n) is 2.40. The number of allylic oxidation sites excluding steroid dienone is 1. The quantitative estimate of drug-likeness (QED) is 0.694. The van der Waals surface area contributed by atoms with Crippen molar-refractivity contribution in [2.24, 2.45) is 10.9 Å². The number of hydrogen-bond acceptors (Lipinski definition) is 1. The summed E-state index contributed by atoms with van der Waals surface area (Å²) in [5.41, 5.74) is 2.03. The molecular weight excluding hydrogens is 213 g/mol. The highest BCUT2D eigenvalue weighted by Gasteiger charge is 2.34. The zero-order valence-corrected chi connectivity index (χ0v) is 10.8. The van der Waals surface area contributed by atoms with Gasteiger partial charge in [0, 0.05) is 12.1 Å². The Hall–Kier alpha value is -1.44. The van der Waals surface area contributed by atoms with Crippen LogP contribution < -0.4 is 0 Å². The molecule has 90 valence electrons. The molecule has 0 aromatic heterocycles. The molecule has 0 saturated carbocycles. The molecule has 2 heteroatoms. The number of dihydropyridines is 1. The zero-order chi connectivity index (χ0) is 12.6. The molecule has 1 aliphatic heterocycles. The van der Waals surface area contributed by atoms with Gasteiger partial charge in [0.2, 0.25) is 0 Å². The van der Waals surface area contributed by atoms with Crippen molar-refractivity contribution < 1.29 is 4.39 Å². The van der Waals surface area contributed by atoms with Crippen molar-refractivity contribution in [3.8, 4) is 0 Å². The second-order valence-corrected chi connectivity index (χ2v) is 4.97. The number of benzene rings is 1. The number of nitrogens with zero attached hydrogens (tertiary/aromatic N) is 1. The molecule has 1 aromatic rings.